The molecule has 0 spiro atoms. The predicted octanol–water partition coefficient (Wildman–Crippen LogP) is 8.37. The second kappa shape index (κ2) is 10.3. The smallest absolute Gasteiger partial charge is 0.417 e. The largest absolute Gasteiger partial charge is 0.494 e. The van der Waals surface area contributed by atoms with Crippen LogP contribution in [0.1, 0.15) is 45.5 Å². The van der Waals surface area contributed by atoms with E-state index < -0.39 is 52.3 Å². The zero-order valence-electron chi connectivity index (χ0n) is 17.1. The summed E-state index contributed by atoms with van der Waals surface area (Å²) in [5, 5.41) is 8.37. The van der Waals surface area contributed by atoms with E-state index in [-0.39, 0.29) is 40.1 Å². The van der Waals surface area contributed by atoms with Crippen molar-refractivity contribution in [2.75, 3.05) is 6.61 Å². The Bertz CT molecular complexity index is 1120. The van der Waals surface area contributed by atoms with Crippen molar-refractivity contribution in [2.24, 2.45) is 0 Å². The van der Waals surface area contributed by atoms with Gasteiger partial charge in [-0.05, 0) is 42.8 Å². The lowest BCUT2D eigenvalue weighted by Crippen LogP contribution is -2.19. The van der Waals surface area contributed by atoms with E-state index in [9.17, 15) is 35.5 Å². The summed E-state index contributed by atoms with van der Waals surface area (Å²) in [4.78, 5) is 11.0. The van der Waals surface area contributed by atoms with Gasteiger partial charge in [0.1, 0.15) is 17.5 Å². The maximum absolute atomic E-state index is 14.8. The summed E-state index contributed by atoms with van der Waals surface area (Å²) in [6.07, 6.45) is -10.2. The molecule has 12 heteroatoms. The van der Waals surface area contributed by atoms with Crippen molar-refractivity contribution in [3.8, 4) is 0 Å². The summed E-state index contributed by atoms with van der Waals surface area (Å²) in [7, 11) is 0. The van der Waals surface area contributed by atoms with Crippen LogP contribution in [0.2, 0.25) is 10.0 Å². The molecule has 0 bridgehead atoms. The number of rotatable bonds is 7. The zero-order chi connectivity index (χ0) is 26.0. The normalized spacial score (nSPS) is 13.5. The van der Waals surface area contributed by atoms with Gasteiger partial charge in [-0.3, -0.25) is 0 Å². The molecule has 1 unspecified atom stereocenters. The highest BCUT2D eigenvalue weighted by atomic mass is 35.5. The highest BCUT2D eigenvalue weighted by Crippen LogP contribution is 2.43. The number of alkyl halides is 6. The third-order valence-electron chi connectivity index (χ3n) is 4.52. The highest BCUT2D eigenvalue weighted by Gasteiger charge is 2.41. The minimum absolute atomic E-state index is 0.00692. The van der Waals surface area contributed by atoms with Gasteiger partial charge in [0.2, 0.25) is 0 Å². The number of carbonyl (C=O) groups is 1. The average molecular weight is 531 g/mol. The molecule has 0 saturated heterocycles. The molecule has 2 aromatic carbocycles. The Labute approximate surface area is 199 Å². The van der Waals surface area contributed by atoms with Crippen LogP contribution in [0, 0.1) is 0 Å². The Morgan fingerprint density at radius 2 is 1.68 bits per heavy atom. The van der Waals surface area contributed by atoms with Crippen molar-refractivity contribution in [3.05, 3.63) is 80.8 Å². The quantitative estimate of drug-likeness (QED) is 0.289. The van der Waals surface area contributed by atoms with Crippen LogP contribution in [-0.4, -0.2) is 23.9 Å². The summed E-state index contributed by atoms with van der Waals surface area (Å²) in [6.45, 7) is 5.38. The molecule has 0 aliphatic heterocycles. The average Bonchev–Trinajstić information content (AvgIpc) is 2.69. The maximum Gasteiger partial charge on any atom is 0.417 e. The van der Waals surface area contributed by atoms with Crippen LogP contribution in [0.25, 0.3) is 11.6 Å². The van der Waals surface area contributed by atoms with E-state index in [2.05, 4.69) is 6.58 Å². The van der Waals surface area contributed by atoms with Gasteiger partial charge in [-0.25, -0.2) is 9.18 Å². The van der Waals surface area contributed by atoms with Gasteiger partial charge in [0, 0.05) is 5.56 Å². The fourth-order valence-corrected chi connectivity index (χ4v) is 3.74. The van der Waals surface area contributed by atoms with Crippen LogP contribution < -0.4 is 0 Å². The third-order valence-corrected chi connectivity index (χ3v) is 5.11. The van der Waals surface area contributed by atoms with Gasteiger partial charge < -0.3 is 9.84 Å². The lowest BCUT2D eigenvalue weighted by Gasteiger charge is -2.20. The molecular formula is C22H15Cl2F7O3. The standard InChI is InChI=1S/C22H15Cl2F7O3/c1-3-34-10(2)19-16(23)7-12(8-17(19)24)14(21(26,27)28)9-18(25)11-4-5-13(20(32)33)15(6-11)22(29,30)31/h4-9,14H,2-3H2,1H3,(H,32,33)/b18-9-. The molecule has 0 amide bonds. The third kappa shape index (κ3) is 6.24. The first-order valence-corrected chi connectivity index (χ1v) is 10.0. The SMILES string of the molecule is C=C(OCC)c1c(Cl)cc(C(/C=C(\F)c2ccc(C(=O)O)c(C(F)(F)F)c2)C(F)(F)F)cc1Cl. The van der Waals surface area contributed by atoms with Gasteiger partial charge in [-0.2, -0.15) is 26.3 Å². The van der Waals surface area contributed by atoms with Crippen molar-refractivity contribution in [1.29, 1.82) is 0 Å². The van der Waals surface area contributed by atoms with E-state index in [0.717, 1.165) is 12.1 Å². The minimum Gasteiger partial charge on any atom is -0.494 e. The number of benzene rings is 2. The van der Waals surface area contributed by atoms with E-state index >= 15 is 0 Å². The summed E-state index contributed by atoms with van der Waals surface area (Å²) < 4.78 is 101. The molecule has 0 fully saturated rings. The van der Waals surface area contributed by atoms with Gasteiger partial charge in [0.05, 0.1) is 33.3 Å². The summed E-state index contributed by atoms with van der Waals surface area (Å²) in [5.74, 6) is -6.26. The van der Waals surface area contributed by atoms with E-state index in [1.54, 1.807) is 6.92 Å². The molecule has 0 radical (unpaired) electrons. The highest BCUT2D eigenvalue weighted by molar-refractivity contribution is 6.37. The first kappa shape index (κ1) is 27.5. The molecule has 184 valence electrons. The van der Waals surface area contributed by atoms with Gasteiger partial charge in [0.25, 0.3) is 0 Å². The second-order valence-corrected chi connectivity index (χ2v) is 7.63. The lowest BCUT2D eigenvalue weighted by molar-refractivity contribution is -0.140. The predicted molar refractivity (Wildman–Crippen MR) is 113 cm³/mol. The lowest BCUT2D eigenvalue weighted by atomic mass is 9.94. The van der Waals surface area contributed by atoms with E-state index in [4.69, 9.17) is 33.0 Å². The van der Waals surface area contributed by atoms with E-state index in [1.165, 1.54) is 0 Å². The zero-order valence-corrected chi connectivity index (χ0v) is 18.6. The van der Waals surface area contributed by atoms with Crippen LogP contribution in [0.4, 0.5) is 30.7 Å². The number of carboxylic acid groups (broad SMARTS) is 1. The number of halogens is 9. The van der Waals surface area contributed by atoms with Crippen molar-refractivity contribution < 1.29 is 45.4 Å². The molecule has 2 aromatic rings. The van der Waals surface area contributed by atoms with Gasteiger partial charge >= 0.3 is 18.3 Å². The molecule has 0 aromatic heterocycles. The molecule has 0 heterocycles. The number of hydrogen-bond donors (Lipinski definition) is 1. The fourth-order valence-electron chi connectivity index (χ4n) is 3.02. The molecule has 0 aliphatic rings. The maximum atomic E-state index is 14.8. The minimum atomic E-state index is -5.19. The van der Waals surface area contributed by atoms with Gasteiger partial charge in [0.15, 0.2) is 0 Å². The van der Waals surface area contributed by atoms with Crippen molar-refractivity contribution in [2.45, 2.75) is 25.2 Å². The summed E-state index contributed by atoms with van der Waals surface area (Å²) in [5.41, 5.74) is -4.36. The molecule has 34 heavy (non-hydrogen) atoms. The number of ether oxygens (including phenoxy) is 1. The van der Waals surface area contributed by atoms with E-state index in [1.807, 2.05) is 0 Å². The summed E-state index contributed by atoms with van der Waals surface area (Å²) >= 11 is 12.1. The first-order valence-electron chi connectivity index (χ1n) is 9.27. The first-order chi connectivity index (χ1) is 15.6. The van der Waals surface area contributed by atoms with Crippen LogP contribution in [0.5, 0.6) is 0 Å². The van der Waals surface area contributed by atoms with Crippen LogP contribution in [0.15, 0.2) is 43.0 Å². The van der Waals surface area contributed by atoms with Crippen LogP contribution in [-0.2, 0) is 10.9 Å². The molecule has 3 nitrogen and oxygen atoms in total. The topological polar surface area (TPSA) is 46.5 Å². The monoisotopic (exact) mass is 530 g/mol. The number of aromatic carboxylic acids is 1. The molecule has 2 rings (SSSR count). The Morgan fingerprint density at radius 1 is 1.12 bits per heavy atom. The van der Waals surface area contributed by atoms with E-state index in [0.29, 0.717) is 12.1 Å². The van der Waals surface area contributed by atoms with Crippen LogP contribution in [0.3, 0.4) is 0 Å². The molecule has 1 N–H and O–H groups in total. The Balaban J connectivity index is 2.62. The Morgan fingerprint density at radius 3 is 2.12 bits per heavy atom. The van der Waals surface area contributed by atoms with Crippen molar-refractivity contribution in [3.63, 3.8) is 0 Å². The number of hydrogen-bond acceptors (Lipinski definition) is 2. The number of carboxylic acids is 1. The fraction of sp³-hybridized carbons (Fsp3) is 0.227. The van der Waals surface area contributed by atoms with Crippen molar-refractivity contribution in [1.82, 2.24) is 0 Å². The molecule has 1 atom stereocenters. The Hall–Kier alpha value is -2.72. The molecular weight excluding hydrogens is 516 g/mol. The Kier molecular flexibility index (Phi) is 8.31. The van der Waals surface area contributed by atoms with Gasteiger partial charge in [-0.15, -0.1) is 0 Å². The second-order valence-electron chi connectivity index (χ2n) is 6.81. The van der Waals surface area contributed by atoms with Gasteiger partial charge in [-0.1, -0.05) is 35.8 Å². The molecule has 0 saturated carbocycles. The summed E-state index contributed by atoms with van der Waals surface area (Å²) in [6, 6.07) is 2.94. The van der Waals surface area contributed by atoms with Crippen LogP contribution >= 0.6 is 23.2 Å². The molecule has 0 aliphatic carbocycles. The number of allylic oxidation sites excluding steroid dienone is 1. The van der Waals surface area contributed by atoms with Crippen molar-refractivity contribution >= 4 is 40.8 Å².